The number of aliphatic hydroxyl groups excluding tert-OH is 1. The fraction of sp³-hybridized carbons (Fsp3) is 0.422. The molecule has 1 radical (unpaired) electrons. The molecule has 0 amide bonds. The van der Waals surface area contributed by atoms with Crippen LogP contribution in [0.1, 0.15) is 109 Å². The Bertz CT molecular complexity index is 1820. The first-order valence-electron chi connectivity index (χ1n) is 18.4. The third-order valence-corrected chi connectivity index (χ3v) is 12.5. The van der Waals surface area contributed by atoms with E-state index in [1.807, 2.05) is 33.9 Å². The van der Waals surface area contributed by atoms with Crippen molar-refractivity contribution in [3.8, 4) is 11.3 Å². The van der Waals surface area contributed by atoms with Gasteiger partial charge in [-0.15, -0.1) is 29.1 Å². The molecule has 5 heteroatoms. The van der Waals surface area contributed by atoms with E-state index in [2.05, 4.69) is 120 Å². The van der Waals surface area contributed by atoms with E-state index in [4.69, 9.17) is 4.98 Å². The van der Waals surface area contributed by atoms with Crippen LogP contribution < -0.4 is 5.19 Å². The first-order valence-corrected chi connectivity index (χ1v) is 21.9. The number of hydrogen-bond donors (Lipinski definition) is 1. The molecule has 3 nitrogen and oxygen atoms in total. The predicted molar refractivity (Wildman–Crippen MR) is 214 cm³/mol. The molecule has 0 bridgehead atoms. The maximum Gasteiger partial charge on any atom is 0.162 e. The van der Waals surface area contributed by atoms with Crippen LogP contribution in [0.2, 0.25) is 19.6 Å². The second-order valence-electron chi connectivity index (χ2n) is 15.5. The minimum Gasteiger partial charge on any atom is -0.512 e. The Balaban J connectivity index is 0.000000361. The molecule has 0 spiro atoms. The standard InChI is InChI=1S/C32H34NSi.C13H24O2.Ir/c1-21(2)28-19-25(18-23-10-8-9-11-27(23)28)31-30-24(16-17-33-31)20-29(32(30,3)4)22-12-14-26(15-13-22)34(5,6)7;1-5-10(6-2)12(14)9-13(15)11(7-3)8-4;/h8-17,19-21H,1-7H3;9-11,14H,5-8H2,1-4H3;/q-1;;/b;12-9-;. The van der Waals surface area contributed by atoms with E-state index in [1.165, 1.54) is 44.5 Å². The molecule has 1 aromatic heterocycles. The summed E-state index contributed by atoms with van der Waals surface area (Å²) in [6.07, 6.45) is 9.23. The van der Waals surface area contributed by atoms with Gasteiger partial charge in [-0.1, -0.05) is 140 Å². The third-order valence-electron chi connectivity index (χ3n) is 10.4. The number of carbonyl (C=O) groups excluding carboxylic acids is 1. The topological polar surface area (TPSA) is 50.2 Å². The molecule has 1 N–H and O–H groups in total. The average Bonchev–Trinajstić information content (AvgIpc) is 3.35. The first-order chi connectivity index (χ1) is 23.2. The van der Waals surface area contributed by atoms with Gasteiger partial charge < -0.3 is 5.11 Å². The van der Waals surface area contributed by atoms with Gasteiger partial charge in [-0.25, -0.2) is 0 Å². The number of fused-ring (bicyclic) bond motifs is 2. The number of carbonyl (C=O) groups is 1. The van der Waals surface area contributed by atoms with Crippen LogP contribution >= 0.6 is 0 Å². The number of nitrogens with zero attached hydrogens (tertiary/aromatic N) is 1. The zero-order chi connectivity index (χ0) is 36.1. The van der Waals surface area contributed by atoms with Crippen molar-refractivity contribution in [3.63, 3.8) is 0 Å². The Morgan fingerprint density at radius 1 is 0.900 bits per heavy atom. The molecule has 0 saturated carbocycles. The normalized spacial score (nSPS) is 14.0. The number of ketones is 1. The number of aromatic nitrogens is 1. The molecule has 50 heavy (non-hydrogen) atoms. The summed E-state index contributed by atoms with van der Waals surface area (Å²) in [7, 11) is -1.32. The van der Waals surface area contributed by atoms with Crippen molar-refractivity contribution < 1.29 is 30.0 Å². The maximum absolute atomic E-state index is 11.7. The van der Waals surface area contributed by atoms with Crippen LogP contribution in [-0.2, 0) is 30.3 Å². The summed E-state index contributed by atoms with van der Waals surface area (Å²) in [4.78, 5) is 16.7. The Morgan fingerprint density at radius 2 is 1.50 bits per heavy atom. The second kappa shape index (κ2) is 17.4. The zero-order valence-electron chi connectivity index (χ0n) is 32.2. The van der Waals surface area contributed by atoms with Gasteiger partial charge >= 0.3 is 0 Å². The van der Waals surface area contributed by atoms with Gasteiger partial charge in [0.2, 0.25) is 0 Å². The molecule has 1 aliphatic rings. The van der Waals surface area contributed by atoms with Crippen LogP contribution in [0.25, 0.3) is 33.7 Å². The van der Waals surface area contributed by atoms with Crippen molar-refractivity contribution in [1.82, 2.24) is 4.98 Å². The van der Waals surface area contributed by atoms with E-state index < -0.39 is 8.07 Å². The summed E-state index contributed by atoms with van der Waals surface area (Å²) in [5, 5.41) is 13.7. The molecule has 0 atom stereocenters. The summed E-state index contributed by atoms with van der Waals surface area (Å²) in [5.74, 6) is 0.979. The van der Waals surface area contributed by atoms with Gasteiger partial charge in [0.1, 0.15) is 0 Å². The Kier molecular flexibility index (Phi) is 14.4. The van der Waals surface area contributed by atoms with Gasteiger partial charge in [0.05, 0.1) is 13.8 Å². The molecule has 0 fully saturated rings. The number of benzene rings is 3. The van der Waals surface area contributed by atoms with Gasteiger partial charge in [0.15, 0.2) is 5.78 Å². The minimum atomic E-state index is -1.32. The number of allylic oxidation sites excluding steroid dienone is 3. The monoisotopic (exact) mass is 865 g/mol. The molecule has 5 rings (SSSR count). The molecule has 269 valence electrons. The zero-order valence-corrected chi connectivity index (χ0v) is 35.6. The number of aliphatic hydroxyl groups is 1. The van der Waals surface area contributed by atoms with E-state index in [0.29, 0.717) is 5.92 Å². The smallest absolute Gasteiger partial charge is 0.162 e. The molecular formula is C45H58IrNO2Si-. The Labute approximate surface area is 317 Å². The SMILES string of the molecule is CC(C)c1cc(-c2nccc3c2C(C)(C)C(c2ccc([Si](C)(C)C)cc2)=C3)[c-]c2ccccc12.CCC(CC)C(=O)/C=C(\O)C(CC)CC.[Ir]. The molecule has 1 aliphatic carbocycles. The van der Waals surface area contributed by atoms with Crippen LogP contribution in [0.3, 0.4) is 0 Å². The van der Waals surface area contributed by atoms with E-state index >= 15 is 0 Å². The number of hydrogen-bond acceptors (Lipinski definition) is 3. The summed E-state index contributed by atoms with van der Waals surface area (Å²) in [6.45, 7) is 24.5. The number of rotatable bonds is 11. The minimum absolute atomic E-state index is 0. The first kappa shape index (κ1) is 41.3. The van der Waals surface area contributed by atoms with Crippen molar-refractivity contribution >= 4 is 41.5 Å². The second-order valence-corrected chi connectivity index (χ2v) is 20.5. The quantitative estimate of drug-likeness (QED) is 0.0707. The number of pyridine rings is 1. The van der Waals surface area contributed by atoms with Gasteiger partial charge in [-0.2, -0.15) is 0 Å². The van der Waals surface area contributed by atoms with E-state index in [-0.39, 0.29) is 48.9 Å². The third kappa shape index (κ3) is 9.02. The van der Waals surface area contributed by atoms with Crippen LogP contribution in [0.15, 0.2) is 78.7 Å². The molecule has 1 heterocycles. The fourth-order valence-corrected chi connectivity index (χ4v) is 8.33. The van der Waals surface area contributed by atoms with Gasteiger partial charge in [0.25, 0.3) is 0 Å². The van der Waals surface area contributed by atoms with Crippen molar-refractivity contribution in [2.45, 2.75) is 112 Å². The summed E-state index contributed by atoms with van der Waals surface area (Å²) >= 11 is 0. The summed E-state index contributed by atoms with van der Waals surface area (Å²) < 4.78 is 0. The van der Waals surface area contributed by atoms with Crippen molar-refractivity contribution in [3.05, 3.63) is 107 Å². The van der Waals surface area contributed by atoms with Crippen LogP contribution in [0.4, 0.5) is 0 Å². The Morgan fingerprint density at radius 3 is 2.06 bits per heavy atom. The molecule has 4 aromatic rings. The summed E-state index contributed by atoms with van der Waals surface area (Å²) in [5.41, 5.74) is 8.61. The molecule has 0 unspecified atom stereocenters. The van der Waals surface area contributed by atoms with Crippen molar-refractivity contribution in [2.24, 2.45) is 11.8 Å². The van der Waals surface area contributed by atoms with Crippen molar-refractivity contribution in [1.29, 1.82) is 0 Å². The van der Waals surface area contributed by atoms with E-state index in [9.17, 15) is 9.90 Å². The molecule has 0 saturated heterocycles. The van der Waals surface area contributed by atoms with Crippen molar-refractivity contribution in [2.75, 3.05) is 0 Å². The maximum atomic E-state index is 11.7. The average molecular weight is 865 g/mol. The predicted octanol–water partition coefficient (Wildman–Crippen LogP) is 12.1. The van der Waals surface area contributed by atoms with Crippen LogP contribution in [0.5, 0.6) is 0 Å². The van der Waals surface area contributed by atoms with Crippen LogP contribution in [-0.4, -0.2) is 23.9 Å². The molecule has 0 aliphatic heterocycles. The molecule has 3 aromatic carbocycles. The largest absolute Gasteiger partial charge is 0.512 e. The van der Waals surface area contributed by atoms with E-state index in [1.54, 1.807) is 0 Å². The van der Waals surface area contributed by atoms with Gasteiger partial charge in [-0.05, 0) is 59.9 Å². The van der Waals surface area contributed by atoms with E-state index in [0.717, 1.165) is 42.3 Å². The van der Waals surface area contributed by atoms with Gasteiger partial charge in [-0.3, -0.25) is 9.78 Å². The van der Waals surface area contributed by atoms with Crippen LogP contribution in [0, 0.1) is 17.9 Å². The molecular weight excluding hydrogens is 807 g/mol. The Hall–Kier alpha value is -3.11. The van der Waals surface area contributed by atoms with Gasteiger partial charge in [0, 0.05) is 55.3 Å². The summed E-state index contributed by atoms with van der Waals surface area (Å²) in [6, 6.07) is 26.1. The fourth-order valence-electron chi connectivity index (χ4n) is 7.17.